The van der Waals surface area contributed by atoms with Gasteiger partial charge in [0.15, 0.2) is 0 Å². The number of hydrogen-bond donors (Lipinski definition) is 1. The fraction of sp³-hybridized carbons (Fsp3) is 0.412. The molecule has 1 aromatic heterocycles. The number of nitrogens with one attached hydrogen (secondary N) is 1. The van der Waals surface area contributed by atoms with Crippen LogP contribution in [0.3, 0.4) is 0 Å². The highest BCUT2D eigenvalue weighted by Crippen LogP contribution is 2.26. The molecule has 0 radical (unpaired) electrons. The topological polar surface area (TPSA) is 25.2 Å². The highest BCUT2D eigenvalue weighted by molar-refractivity contribution is 9.10. The zero-order valence-corrected chi connectivity index (χ0v) is 14.3. The van der Waals surface area contributed by atoms with Gasteiger partial charge in [0.2, 0.25) is 0 Å². The molecule has 1 unspecified atom stereocenters. The van der Waals surface area contributed by atoms with Gasteiger partial charge in [0.25, 0.3) is 0 Å². The van der Waals surface area contributed by atoms with E-state index in [1.54, 1.807) is 6.07 Å². The molecule has 0 fully saturated rings. The van der Waals surface area contributed by atoms with Crippen LogP contribution in [0.25, 0.3) is 0 Å². The summed E-state index contributed by atoms with van der Waals surface area (Å²) in [6.07, 6.45) is 1.79. The third-order valence-electron chi connectivity index (χ3n) is 3.46. The molecule has 2 aromatic rings. The van der Waals surface area contributed by atoms with Gasteiger partial charge in [-0.05, 0) is 63.1 Å². The van der Waals surface area contributed by atoms with E-state index in [0.29, 0.717) is 0 Å². The average Bonchev–Trinajstić information content (AvgIpc) is 2.72. The molecule has 0 aliphatic rings. The summed E-state index contributed by atoms with van der Waals surface area (Å²) in [6, 6.07) is 7.23. The van der Waals surface area contributed by atoms with Crippen molar-refractivity contribution in [3.63, 3.8) is 0 Å². The first-order chi connectivity index (χ1) is 9.99. The zero-order valence-electron chi connectivity index (χ0n) is 12.7. The lowest BCUT2D eigenvalue weighted by molar-refractivity contribution is 0.480. The van der Waals surface area contributed by atoms with Crippen molar-refractivity contribution in [2.75, 3.05) is 6.54 Å². The van der Waals surface area contributed by atoms with Crippen LogP contribution in [0.4, 0.5) is 4.39 Å². The number of hydrogen-bond acceptors (Lipinski definition) is 2. The first kappa shape index (κ1) is 16.2. The van der Waals surface area contributed by atoms with Gasteiger partial charge >= 0.3 is 0 Å². The molecule has 2 rings (SSSR count). The van der Waals surface area contributed by atoms with E-state index in [4.69, 9.17) is 4.42 Å². The summed E-state index contributed by atoms with van der Waals surface area (Å²) >= 11 is 3.35. The smallest absolute Gasteiger partial charge is 0.124 e. The van der Waals surface area contributed by atoms with Gasteiger partial charge in [-0.2, -0.15) is 0 Å². The monoisotopic (exact) mass is 353 g/mol. The average molecular weight is 354 g/mol. The van der Waals surface area contributed by atoms with Crippen LogP contribution in [0.5, 0.6) is 0 Å². The number of halogens is 2. The van der Waals surface area contributed by atoms with E-state index in [1.807, 2.05) is 19.9 Å². The molecule has 2 nitrogen and oxygen atoms in total. The fourth-order valence-electron chi connectivity index (χ4n) is 2.57. The summed E-state index contributed by atoms with van der Waals surface area (Å²) in [6.45, 7) is 6.98. The molecule has 4 heteroatoms. The highest BCUT2D eigenvalue weighted by Gasteiger charge is 2.17. The first-order valence-corrected chi connectivity index (χ1v) is 8.04. The number of benzene rings is 1. The third kappa shape index (κ3) is 4.42. The van der Waals surface area contributed by atoms with Crippen molar-refractivity contribution >= 4 is 15.9 Å². The first-order valence-electron chi connectivity index (χ1n) is 7.25. The van der Waals surface area contributed by atoms with Gasteiger partial charge in [0, 0.05) is 16.1 Å². The molecular formula is C17H21BrFNO. The van der Waals surface area contributed by atoms with Crippen molar-refractivity contribution < 1.29 is 8.81 Å². The quantitative estimate of drug-likeness (QED) is 0.782. The molecule has 0 aliphatic carbocycles. The van der Waals surface area contributed by atoms with Crippen molar-refractivity contribution in [3.8, 4) is 0 Å². The van der Waals surface area contributed by atoms with Crippen LogP contribution in [0.2, 0.25) is 0 Å². The normalized spacial score (nSPS) is 12.6. The number of aryl methyl sites for hydroxylation is 2. The van der Waals surface area contributed by atoms with Crippen LogP contribution in [0, 0.1) is 19.7 Å². The molecule has 1 N–H and O–H groups in total. The van der Waals surface area contributed by atoms with E-state index in [0.717, 1.165) is 46.5 Å². The Morgan fingerprint density at radius 2 is 2.00 bits per heavy atom. The second kappa shape index (κ2) is 7.23. The summed E-state index contributed by atoms with van der Waals surface area (Å²) in [5.41, 5.74) is 2.12. The standard InChI is InChI=1S/C17H21BrFNO/c1-4-5-20-17(16-6-11(2)21-12(16)3)9-13-7-14(18)10-15(19)8-13/h6-8,10,17,20H,4-5,9H2,1-3H3. The Bertz CT molecular complexity index is 589. The molecule has 1 heterocycles. The van der Waals surface area contributed by atoms with Crippen LogP contribution < -0.4 is 5.32 Å². The minimum atomic E-state index is -0.214. The van der Waals surface area contributed by atoms with Gasteiger partial charge in [-0.15, -0.1) is 0 Å². The number of rotatable bonds is 6. The van der Waals surface area contributed by atoms with E-state index in [1.165, 1.54) is 6.07 Å². The Labute approximate surface area is 133 Å². The lowest BCUT2D eigenvalue weighted by atomic mass is 9.99. The predicted octanol–water partition coefficient (Wildman–Crippen LogP) is 5.08. The van der Waals surface area contributed by atoms with Crippen molar-refractivity contribution in [1.82, 2.24) is 5.32 Å². The molecule has 0 spiro atoms. The SMILES string of the molecule is CCCNC(Cc1cc(F)cc(Br)c1)c1cc(C)oc1C. The highest BCUT2D eigenvalue weighted by atomic mass is 79.9. The van der Waals surface area contributed by atoms with Crippen LogP contribution in [0.15, 0.2) is 33.2 Å². The maximum atomic E-state index is 13.5. The van der Waals surface area contributed by atoms with E-state index in [-0.39, 0.29) is 11.9 Å². The minimum Gasteiger partial charge on any atom is -0.466 e. The van der Waals surface area contributed by atoms with Crippen molar-refractivity contribution in [2.24, 2.45) is 0 Å². The fourth-order valence-corrected chi connectivity index (χ4v) is 3.08. The van der Waals surface area contributed by atoms with Crippen LogP contribution in [0.1, 0.15) is 42.0 Å². The molecule has 0 aliphatic heterocycles. The van der Waals surface area contributed by atoms with Gasteiger partial charge in [-0.1, -0.05) is 22.9 Å². The maximum Gasteiger partial charge on any atom is 0.124 e. The van der Waals surface area contributed by atoms with E-state index in [2.05, 4.69) is 34.2 Å². The van der Waals surface area contributed by atoms with E-state index < -0.39 is 0 Å². The second-order valence-electron chi connectivity index (χ2n) is 5.36. The Morgan fingerprint density at radius 1 is 1.24 bits per heavy atom. The molecule has 0 saturated carbocycles. The Kier molecular flexibility index (Phi) is 5.59. The molecular weight excluding hydrogens is 333 g/mol. The van der Waals surface area contributed by atoms with Gasteiger partial charge in [0.1, 0.15) is 17.3 Å². The van der Waals surface area contributed by atoms with Crippen LogP contribution in [-0.4, -0.2) is 6.54 Å². The molecule has 0 saturated heterocycles. The zero-order chi connectivity index (χ0) is 15.4. The summed E-state index contributed by atoms with van der Waals surface area (Å²) in [5, 5.41) is 3.53. The summed E-state index contributed by atoms with van der Waals surface area (Å²) in [5.74, 6) is 1.62. The Morgan fingerprint density at radius 3 is 2.57 bits per heavy atom. The molecule has 1 aromatic carbocycles. The summed E-state index contributed by atoms with van der Waals surface area (Å²) in [7, 11) is 0. The van der Waals surface area contributed by atoms with E-state index >= 15 is 0 Å². The van der Waals surface area contributed by atoms with Gasteiger partial charge < -0.3 is 9.73 Å². The number of furan rings is 1. The third-order valence-corrected chi connectivity index (χ3v) is 3.92. The van der Waals surface area contributed by atoms with Crippen molar-refractivity contribution in [1.29, 1.82) is 0 Å². The molecule has 114 valence electrons. The largest absolute Gasteiger partial charge is 0.466 e. The lowest BCUT2D eigenvalue weighted by Gasteiger charge is -2.18. The van der Waals surface area contributed by atoms with Gasteiger partial charge in [-0.25, -0.2) is 4.39 Å². The summed E-state index contributed by atoms with van der Waals surface area (Å²) < 4.78 is 20.0. The van der Waals surface area contributed by atoms with Gasteiger partial charge in [0.05, 0.1) is 0 Å². The Hall–Kier alpha value is -1.13. The molecule has 21 heavy (non-hydrogen) atoms. The molecule has 0 bridgehead atoms. The van der Waals surface area contributed by atoms with E-state index in [9.17, 15) is 4.39 Å². The molecule has 1 atom stereocenters. The predicted molar refractivity (Wildman–Crippen MR) is 87.0 cm³/mol. The van der Waals surface area contributed by atoms with Crippen molar-refractivity contribution in [2.45, 2.75) is 39.7 Å². The van der Waals surface area contributed by atoms with Crippen LogP contribution in [-0.2, 0) is 6.42 Å². The summed E-state index contributed by atoms with van der Waals surface area (Å²) in [4.78, 5) is 0. The Balaban J connectivity index is 2.25. The van der Waals surface area contributed by atoms with Crippen LogP contribution >= 0.6 is 15.9 Å². The van der Waals surface area contributed by atoms with Crippen molar-refractivity contribution in [3.05, 3.63) is 57.2 Å². The maximum absolute atomic E-state index is 13.5. The molecule has 0 amide bonds. The van der Waals surface area contributed by atoms with Gasteiger partial charge in [-0.3, -0.25) is 0 Å². The second-order valence-corrected chi connectivity index (χ2v) is 6.27. The lowest BCUT2D eigenvalue weighted by Crippen LogP contribution is -2.24. The minimum absolute atomic E-state index is 0.135.